The number of aromatic nitrogens is 1. The molecule has 7 nitrogen and oxygen atoms in total. The van der Waals surface area contributed by atoms with E-state index < -0.39 is 17.7 Å². The molecule has 166 valence electrons. The maximum absolute atomic E-state index is 14.8. The summed E-state index contributed by atoms with van der Waals surface area (Å²) in [4.78, 5) is 23.4. The number of aryl methyl sites for hydroxylation is 1. The molecule has 0 bridgehead atoms. The van der Waals surface area contributed by atoms with E-state index in [0.717, 1.165) is 5.56 Å². The number of carbonyl (C=O) groups excluding carboxylic acids is 1. The van der Waals surface area contributed by atoms with Gasteiger partial charge in [0.2, 0.25) is 5.88 Å². The molecule has 4 aromatic rings. The number of aromatic carboxylic acids is 1. The Morgan fingerprint density at radius 1 is 0.970 bits per heavy atom. The van der Waals surface area contributed by atoms with Gasteiger partial charge in [-0.15, -0.1) is 0 Å². The molecule has 0 aliphatic heterocycles. The third kappa shape index (κ3) is 4.06. The van der Waals surface area contributed by atoms with Crippen molar-refractivity contribution in [1.82, 2.24) is 9.99 Å². The highest BCUT2D eigenvalue weighted by atomic mass is 19.1. The van der Waals surface area contributed by atoms with Crippen LogP contribution in [-0.4, -0.2) is 32.4 Å². The van der Waals surface area contributed by atoms with Crippen LogP contribution in [0.5, 0.6) is 5.88 Å². The maximum Gasteiger partial charge on any atom is 0.335 e. The number of benzene rings is 3. The van der Waals surface area contributed by atoms with E-state index in [4.69, 9.17) is 5.11 Å². The van der Waals surface area contributed by atoms with Crippen LogP contribution in [0.4, 0.5) is 4.39 Å². The van der Waals surface area contributed by atoms with Crippen molar-refractivity contribution in [1.29, 1.82) is 0 Å². The van der Waals surface area contributed by atoms with Gasteiger partial charge in [0.25, 0.3) is 5.91 Å². The lowest BCUT2D eigenvalue weighted by Gasteiger charge is -2.08. The van der Waals surface area contributed by atoms with E-state index in [9.17, 15) is 19.1 Å². The molecule has 3 N–H and O–H groups in total. The molecule has 0 unspecified atom stereocenters. The molecule has 0 fully saturated rings. The number of aromatic hydroxyl groups is 1. The first-order valence-corrected chi connectivity index (χ1v) is 10.0. The summed E-state index contributed by atoms with van der Waals surface area (Å²) in [7, 11) is 0. The maximum atomic E-state index is 14.8. The summed E-state index contributed by atoms with van der Waals surface area (Å²) in [5.41, 5.74) is 5.13. The molecule has 0 aliphatic rings. The van der Waals surface area contributed by atoms with Gasteiger partial charge < -0.3 is 10.2 Å². The SMILES string of the molecule is C/C(=N\NC(=O)c1ccc(C(=O)O)cc1)c1c(O)n(-c2ccc(C)cc2)c2cccc(F)c12. The zero-order chi connectivity index (χ0) is 23.7. The number of rotatable bonds is 5. The molecule has 3 aromatic carbocycles. The van der Waals surface area contributed by atoms with Crippen molar-refractivity contribution in [3.63, 3.8) is 0 Å². The molecule has 1 amide bonds. The molecule has 8 heteroatoms. The molecule has 0 atom stereocenters. The van der Waals surface area contributed by atoms with Gasteiger partial charge in [0.15, 0.2) is 0 Å². The number of hydrogen-bond donors (Lipinski definition) is 3. The molecular formula is C25H20FN3O4. The third-order valence-electron chi connectivity index (χ3n) is 5.29. The fourth-order valence-electron chi connectivity index (χ4n) is 3.60. The molecule has 0 aliphatic carbocycles. The minimum atomic E-state index is -1.10. The van der Waals surface area contributed by atoms with Crippen LogP contribution in [-0.2, 0) is 0 Å². The second-order valence-electron chi connectivity index (χ2n) is 7.52. The van der Waals surface area contributed by atoms with Crippen molar-refractivity contribution in [2.24, 2.45) is 5.10 Å². The van der Waals surface area contributed by atoms with Crippen LogP contribution in [0.1, 0.15) is 38.8 Å². The summed E-state index contributed by atoms with van der Waals surface area (Å²) in [5.74, 6) is -2.42. The molecule has 0 saturated carbocycles. The van der Waals surface area contributed by atoms with Crippen LogP contribution in [0, 0.1) is 12.7 Å². The third-order valence-corrected chi connectivity index (χ3v) is 5.29. The van der Waals surface area contributed by atoms with Crippen molar-refractivity contribution in [3.8, 4) is 11.6 Å². The smallest absolute Gasteiger partial charge is 0.335 e. The summed E-state index contributed by atoms with van der Waals surface area (Å²) >= 11 is 0. The van der Waals surface area contributed by atoms with Gasteiger partial charge in [-0.3, -0.25) is 9.36 Å². The number of hydrazone groups is 1. The van der Waals surface area contributed by atoms with E-state index in [0.29, 0.717) is 11.2 Å². The van der Waals surface area contributed by atoms with Crippen LogP contribution >= 0.6 is 0 Å². The van der Waals surface area contributed by atoms with E-state index >= 15 is 0 Å². The Morgan fingerprint density at radius 2 is 1.61 bits per heavy atom. The van der Waals surface area contributed by atoms with Crippen LogP contribution in [0.3, 0.4) is 0 Å². The molecule has 0 saturated heterocycles. The monoisotopic (exact) mass is 445 g/mol. The van der Waals surface area contributed by atoms with Crippen LogP contribution in [0.25, 0.3) is 16.6 Å². The van der Waals surface area contributed by atoms with Gasteiger partial charge in [0.05, 0.1) is 22.4 Å². The van der Waals surface area contributed by atoms with Gasteiger partial charge in [0.1, 0.15) is 5.82 Å². The van der Waals surface area contributed by atoms with Crippen molar-refractivity contribution in [2.75, 3.05) is 0 Å². The quantitative estimate of drug-likeness (QED) is 0.308. The number of amides is 1. The van der Waals surface area contributed by atoms with Gasteiger partial charge in [-0.1, -0.05) is 23.8 Å². The summed E-state index contributed by atoms with van der Waals surface area (Å²) in [6.45, 7) is 3.49. The highest BCUT2D eigenvalue weighted by Gasteiger charge is 2.23. The summed E-state index contributed by atoms with van der Waals surface area (Å²) in [6.07, 6.45) is 0. The molecule has 33 heavy (non-hydrogen) atoms. The standard InChI is InChI=1S/C25H20FN3O4/c1-14-6-12-18(13-7-14)29-20-5-3-4-19(26)22(20)21(24(29)31)15(2)27-28-23(30)16-8-10-17(11-9-16)25(32)33/h3-13,31H,1-2H3,(H,28,30)(H,32,33)/b27-15+. The van der Waals surface area contributed by atoms with Crippen molar-refractivity contribution in [3.05, 3.63) is 94.8 Å². The van der Waals surface area contributed by atoms with Gasteiger partial charge in [-0.25, -0.2) is 14.6 Å². The van der Waals surface area contributed by atoms with Crippen LogP contribution in [0.15, 0.2) is 71.8 Å². The number of carboxylic acids is 1. The minimum absolute atomic E-state index is 0.0514. The second kappa shape index (κ2) is 8.58. The number of hydrogen-bond acceptors (Lipinski definition) is 4. The lowest BCUT2D eigenvalue weighted by atomic mass is 10.1. The number of nitrogens with zero attached hydrogens (tertiary/aromatic N) is 2. The normalized spacial score (nSPS) is 11.5. The summed E-state index contributed by atoms with van der Waals surface area (Å²) in [5, 5.41) is 24.3. The Labute approximate surface area is 188 Å². The Morgan fingerprint density at radius 3 is 2.24 bits per heavy atom. The highest BCUT2D eigenvalue weighted by Crippen LogP contribution is 2.36. The van der Waals surface area contributed by atoms with Gasteiger partial charge >= 0.3 is 5.97 Å². The fourth-order valence-corrected chi connectivity index (χ4v) is 3.60. The van der Waals surface area contributed by atoms with E-state index in [1.54, 1.807) is 19.1 Å². The van der Waals surface area contributed by atoms with E-state index in [2.05, 4.69) is 10.5 Å². The Balaban J connectivity index is 1.73. The number of halogens is 1. The number of carbonyl (C=O) groups is 2. The lowest BCUT2D eigenvalue weighted by Crippen LogP contribution is -2.19. The number of carboxylic acid groups (broad SMARTS) is 1. The number of fused-ring (bicyclic) bond motifs is 1. The fraction of sp³-hybridized carbons (Fsp3) is 0.0800. The van der Waals surface area contributed by atoms with E-state index in [-0.39, 0.29) is 33.7 Å². The van der Waals surface area contributed by atoms with Crippen LogP contribution < -0.4 is 5.43 Å². The molecule has 1 heterocycles. The average molecular weight is 445 g/mol. The van der Waals surface area contributed by atoms with Gasteiger partial charge in [0, 0.05) is 16.6 Å². The molecule has 1 aromatic heterocycles. The van der Waals surface area contributed by atoms with Crippen molar-refractivity contribution in [2.45, 2.75) is 13.8 Å². The topological polar surface area (TPSA) is 104 Å². The minimum Gasteiger partial charge on any atom is -0.494 e. The van der Waals surface area contributed by atoms with E-state index in [1.165, 1.54) is 34.9 Å². The second-order valence-corrected chi connectivity index (χ2v) is 7.52. The molecule has 0 spiro atoms. The first-order valence-electron chi connectivity index (χ1n) is 10.0. The number of nitrogens with one attached hydrogen (secondary N) is 1. The Bertz CT molecular complexity index is 1400. The first-order chi connectivity index (χ1) is 15.8. The summed E-state index contributed by atoms with van der Waals surface area (Å²) in [6, 6.07) is 17.3. The molecule has 0 radical (unpaired) electrons. The molecular weight excluding hydrogens is 425 g/mol. The lowest BCUT2D eigenvalue weighted by molar-refractivity contribution is 0.0696. The zero-order valence-electron chi connectivity index (χ0n) is 17.8. The predicted molar refractivity (Wildman–Crippen MR) is 123 cm³/mol. The average Bonchev–Trinajstić information content (AvgIpc) is 3.11. The first kappa shape index (κ1) is 21.8. The zero-order valence-corrected chi connectivity index (χ0v) is 17.8. The van der Waals surface area contributed by atoms with E-state index in [1.807, 2.05) is 31.2 Å². The Kier molecular flexibility index (Phi) is 5.66. The van der Waals surface area contributed by atoms with Gasteiger partial charge in [-0.2, -0.15) is 5.10 Å². The molecule has 4 rings (SSSR count). The van der Waals surface area contributed by atoms with Gasteiger partial charge in [-0.05, 0) is 62.4 Å². The largest absolute Gasteiger partial charge is 0.494 e. The Hall–Kier alpha value is -4.46. The summed E-state index contributed by atoms with van der Waals surface area (Å²) < 4.78 is 16.4. The van der Waals surface area contributed by atoms with Crippen molar-refractivity contribution < 1.29 is 24.2 Å². The van der Waals surface area contributed by atoms with Crippen LogP contribution in [0.2, 0.25) is 0 Å². The van der Waals surface area contributed by atoms with Crippen molar-refractivity contribution >= 4 is 28.5 Å². The predicted octanol–water partition coefficient (Wildman–Crippen LogP) is 4.64. The highest BCUT2D eigenvalue weighted by molar-refractivity contribution is 6.13.